The lowest BCUT2D eigenvalue weighted by Gasteiger charge is -1.98. The molecule has 0 aliphatic heterocycles. The first kappa shape index (κ1) is 25.9. The Balaban J connectivity index is 0.995. The van der Waals surface area contributed by atoms with Crippen LogP contribution in [0.3, 0.4) is 0 Å². The number of benzene rings is 6. The van der Waals surface area contributed by atoms with E-state index >= 15 is 0 Å². The van der Waals surface area contributed by atoms with Crippen molar-refractivity contribution in [3.63, 3.8) is 0 Å². The maximum atomic E-state index is 6.45. The molecule has 0 spiro atoms. The third kappa shape index (κ3) is 4.30. The fraction of sp³-hybridized carbons (Fsp3) is 0. The van der Waals surface area contributed by atoms with E-state index in [9.17, 15) is 0 Å². The van der Waals surface area contributed by atoms with Gasteiger partial charge in [-0.3, -0.25) is 0 Å². The van der Waals surface area contributed by atoms with E-state index in [1.165, 1.54) is 41.1 Å². The minimum Gasteiger partial charge on any atom is -0.456 e. The number of hydrogen-bond donors (Lipinski definition) is 0. The SMILES string of the molecule is c1ccc(-c2cc3ccc(-c4cc5cc6cc7oc(-c8ccc9cc(-c%10ccccc%10)sc9c8)cc7cc6cc5o4)cc3s2)cc1. The topological polar surface area (TPSA) is 26.3 Å². The van der Waals surface area contributed by atoms with Gasteiger partial charge in [0.25, 0.3) is 0 Å². The van der Waals surface area contributed by atoms with Crippen LogP contribution in [0.15, 0.2) is 154 Å². The first-order valence-corrected chi connectivity index (χ1v) is 16.9. The van der Waals surface area contributed by atoms with Crippen molar-refractivity contribution in [1.82, 2.24) is 0 Å². The smallest absolute Gasteiger partial charge is 0.135 e. The predicted molar refractivity (Wildman–Crippen MR) is 196 cm³/mol. The molecule has 4 aromatic heterocycles. The number of thiophene rings is 2. The summed E-state index contributed by atoms with van der Waals surface area (Å²) in [5, 5.41) is 6.95. The van der Waals surface area contributed by atoms with Crippen molar-refractivity contribution in [3.8, 4) is 43.5 Å². The van der Waals surface area contributed by atoms with E-state index < -0.39 is 0 Å². The molecule has 0 N–H and O–H groups in total. The minimum absolute atomic E-state index is 0.882. The van der Waals surface area contributed by atoms with Gasteiger partial charge in [-0.25, -0.2) is 0 Å². The van der Waals surface area contributed by atoms with Gasteiger partial charge in [-0.05, 0) is 93.3 Å². The van der Waals surface area contributed by atoms with E-state index in [2.05, 4.69) is 146 Å². The highest BCUT2D eigenvalue weighted by Crippen LogP contribution is 2.40. The van der Waals surface area contributed by atoms with Crippen LogP contribution in [0.5, 0.6) is 0 Å². The molecule has 0 unspecified atom stereocenters. The second-order valence-electron chi connectivity index (χ2n) is 11.8. The van der Waals surface area contributed by atoms with Crippen LogP contribution in [0.2, 0.25) is 0 Å². The Labute approximate surface area is 272 Å². The minimum atomic E-state index is 0.882. The van der Waals surface area contributed by atoms with E-state index in [4.69, 9.17) is 8.83 Å². The number of fused-ring (bicyclic) bond motifs is 5. The standard InChI is InChI=1S/C42H24O2S2/c1-3-7-25(8-4-1)39-23-29-13-11-27(21-41(29)45-39)35-19-33-15-31-18-38-34(16-32(31)17-37(33)43-35)20-36(44-38)28-12-14-30-24-40(46-42(30)22-28)26-9-5-2-6-10-26/h1-24H. The van der Waals surface area contributed by atoms with Crippen molar-refractivity contribution in [2.75, 3.05) is 0 Å². The van der Waals surface area contributed by atoms with Crippen molar-refractivity contribution in [3.05, 3.63) is 146 Å². The zero-order valence-electron chi connectivity index (χ0n) is 24.5. The van der Waals surface area contributed by atoms with Gasteiger partial charge >= 0.3 is 0 Å². The van der Waals surface area contributed by atoms with Crippen LogP contribution in [0.4, 0.5) is 0 Å². The molecule has 4 heterocycles. The summed E-state index contributed by atoms with van der Waals surface area (Å²) in [6.45, 7) is 0. The van der Waals surface area contributed by atoms with Gasteiger partial charge in [-0.2, -0.15) is 0 Å². The van der Waals surface area contributed by atoms with Gasteiger partial charge in [0.15, 0.2) is 0 Å². The van der Waals surface area contributed by atoms with E-state index in [0.717, 1.165) is 55.4 Å². The number of rotatable bonds is 4. The summed E-state index contributed by atoms with van der Waals surface area (Å²) < 4.78 is 15.4. The van der Waals surface area contributed by atoms with Gasteiger partial charge in [0.05, 0.1) is 0 Å². The fourth-order valence-corrected chi connectivity index (χ4v) is 8.68. The first-order valence-electron chi connectivity index (χ1n) is 15.3. The summed E-state index contributed by atoms with van der Waals surface area (Å²) in [6, 6.07) is 51.9. The molecule has 10 aromatic rings. The number of furan rings is 2. The van der Waals surface area contributed by atoms with Crippen molar-refractivity contribution >= 4 is 75.6 Å². The molecule has 0 saturated heterocycles. The summed E-state index contributed by atoms with van der Waals surface area (Å²) in [6.07, 6.45) is 0. The molecule has 6 aromatic carbocycles. The molecule has 0 radical (unpaired) electrons. The summed E-state index contributed by atoms with van der Waals surface area (Å²) in [5.74, 6) is 1.76. The zero-order chi connectivity index (χ0) is 30.2. The molecule has 0 aliphatic rings. The van der Waals surface area contributed by atoms with E-state index in [1.807, 2.05) is 22.7 Å². The van der Waals surface area contributed by atoms with Crippen LogP contribution in [0, 0.1) is 0 Å². The summed E-state index contributed by atoms with van der Waals surface area (Å²) in [7, 11) is 0. The zero-order valence-corrected chi connectivity index (χ0v) is 26.1. The first-order chi connectivity index (χ1) is 22.7. The van der Waals surface area contributed by atoms with Gasteiger partial charge in [-0.15, -0.1) is 22.7 Å². The molecule has 0 bridgehead atoms. The molecule has 4 heteroatoms. The van der Waals surface area contributed by atoms with E-state index in [0.29, 0.717) is 0 Å². The highest BCUT2D eigenvalue weighted by Gasteiger charge is 2.14. The van der Waals surface area contributed by atoms with Gasteiger partial charge in [0, 0.05) is 41.1 Å². The van der Waals surface area contributed by atoms with Crippen LogP contribution in [0.25, 0.3) is 96.4 Å². The lowest BCUT2D eigenvalue weighted by atomic mass is 10.1. The van der Waals surface area contributed by atoms with Gasteiger partial charge < -0.3 is 8.83 Å². The van der Waals surface area contributed by atoms with E-state index in [1.54, 1.807) is 0 Å². The van der Waals surface area contributed by atoms with E-state index in [-0.39, 0.29) is 0 Å². The maximum absolute atomic E-state index is 6.45. The summed E-state index contributed by atoms with van der Waals surface area (Å²) in [5.41, 5.74) is 6.45. The second-order valence-corrected chi connectivity index (χ2v) is 14.0. The fourth-order valence-electron chi connectivity index (χ4n) is 6.47. The molecule has 0 fully saturated rings. The van der Waals surface area contributed by atoms with Gasteiger partial charge in [0.2, 0.25) is 0 Å². The van der Waals surface area contributed by atoms with Gasteiger partial charge in [0.1, 0.15) is 22.7 Å². The number of hydrogen-bond acceptors (Lipinski definition) is 4. The van der Waals surface area contributed by atoms with Crippen LogP contribution in [0.1, 0.15) is 0 Å². The molecule has 0 amide bonds. The normalized spacial score (nSPS) is 11.9. The Morgan fingerprint density at radius 3 is 1.24 bits per heavy atom. The Hall–Kier alpha value is -5.42. The highest BCUT2D eigenvalue weighted by molar-refractivity contribution is 7.22. The molecule has 10 rings (SSSR count). The highest BCUT2D eigenvalue weighted by atomic mass is 32.1. The largest absolute Gasteiger partial charge is 0.456 e. The second kappa shape index (κ2) is 10.0. The maximum Gasteiger partial charge on any atom is 0.135 e. The lowest BCUT2D eigenvalue weighted by Crippen LogP contribution is -1.73. The Kier molecular flexibility index (Phi) is 5.65. The molecule has 216 valence electrons. The lowest BCUT2D eigenvalue weighted by molar-refractivity contribution is 0.631. The molecule has 0 atom stereocenters. The van der Waals surface area contributed by atoms with Crippen molar-refractivity contribution < 1.29 is 8.83 Å². The summed E-state index contributed by atoms with van der Waals surface area (Å²) >= 11 is 3.64. The van der Waals surface area contributed by atoms with Crippen LogP contribution >= 0.6 is 22.7 Å². The quantitative estimate of drug-likeness (QED) is 0.195. The molecule has 46 heavy (non-hydrogen) atoms. The van der Waals surface area contributed by atoms with Gasteiger partial charge in [-0.1, -0.05) is 84.9 Å². The van der Waals surface area contributed by atoms with Crippen LogP contribution in [-0.4, -0.2) is 0 Å². The Morgan fingerprint density at radius 1 is 0.326 bits per heavy atom. The average molecular weight is 625 g/mol. The third-order valence-corrected chi connectivity index (χ3v) is 11.1. The van der Waals surface area contributed by atoms with Crippen LogP contribution < -0.4 is 0 Å². The van der Waals surface area contributed by atoms with Crippen molar-refractivity contribution in [2.45, 2.75) is 0 Å². The molecule has 0 saturated carbocycles. The summed E-state index contributed by atoms with van der Waals surface area (Å²) in [4.78, 5) is 2.56. The van der Waals surface area contributed by atoms with Crippen molar-refractivity contribution in [2.24, 2.45) is 0 Å². The Morgan fingerprint density at radius 2 is 0.783 bits per heavy atom. The monoisotopic (exact) mass is 624 g/mol. The van der Waals surface area contributed by atoms with Crippen molar-refractivity contribution in [1.29, 1.82) is 0 Å². The third-order valence-electron chi connectivity index (χ3n) is 8.84. The van der Waals surface area contributed by atoms with Crippen LogP contribution in [-0.2, 0) is 0 Å². The predicted octanol–water partition coefficient (Wildman–Crippen LogP) is 13.4. The molecular weight excluding hydrogens is 601 g/mol. The molecular formula is C42H24O2S2. The molecule has 0 aliphatic carbocycles. The molecule has 2 nitrogen and oxygen atoms in total. The average Bonchev–Trinajstić information content (AvgIpc) is 3.90. The Bertz CT molecular complexity index is 2480.